The molecule has 0 fully saturated rings. The summed E-state index contributed by atoms with van der Waals surface area (Å²) in [6.07, 6.45) is 1.08. The molecule has 0 aromatic rings. The summed E-state index contributed by atoms with van der Waals surface area (Å²) < 4.78 is 6.19. The topological polar surface area (TPSA) is 142 Å². The lowest BCUT2D eigenvalue weighted by Gasteiger charge is -2.34. The average Bonchev–Trinajstić information content (AvgIpc) is 2.35. The molecule has 0 aliphatic rings. The van der Waals surface area contributed by atoms with E-state index in [9.17, 15) is 14.4 Å². The van der Waals surface area contributed by atoms with E-state index in [2.05, 4.69) is 23.7 Å². The summed E-state index contributed by atoms with van der Waals surface area (Å²) in [6, 6.07) is 0. The summed E-state index contributed by atoms with van der Waals surface area (Å²) in [4.78, 5) is 42.3. The van der Waals surface area contributed by atoms with E-state index >= 15 is 0 Å². The second-order valence-corrected chi connectivity index (χ2v) is 14.9. The molecule has 0 aromatic carbocycles. The maximum Gasteiger partial charge on any atom is 0.323 e. The molecular weight excluding hydrogens is 352 g/mol. The Morgan fingerprint density at radius 1 is 1.12 bits per heavy atom. The lowest BCUT2D eigenvalue weighted by Crippen LogP contribution is -2.56. The zero-order valence-electron chi connectivity index (χ0n) is 15.0. The van der Waals surface area contributed by atoms with Gasteiger partial charge in [-0.25, -0.2) is 0 Å². The van der Waals surface area contributed by atoms with E-state index in [1.165, 1.54) is 0 Å². The average molecular weight is 381 g/mol. The molecule has 140 valence electrons. The summed E-state index contributed by atoms with van der Waals surface area (Å²) in [7, 11) is -2.17. The van der Waals surface area contributed by atoms with Crippen LogP contribution >= 0.6 is 0 Å². The second kappa shape index (κ2) is 11.1. The van der Waals surface area contributed by atoms with Gasteiger partial charge in [-0.3, -0.25) is 19.2 Å². The molecule has 0 radical (unpaired) electrons. The molecule has 0 rings (SSSR count). The highest BCUT2D eigenvalue weighted by molar-refractivity contribution is 6.85. The van der Waals surface area contributed by atoms with E-state index < -0.39 is 40.2 Å². The van der Waals surface area contributed by atoms with Crippen LogP contribution in [0.2, 0.25) is 26.2 Å². The summed E-state index contributed by atoms with van der Waals surface area (Å²) >= 11 is 0. The Kier molecular flexibility index (Phi) is 11.4. The Morgan fingerprint density at radius 3 is 1.88 bits per heavy atom. The molecule has 0 aliphatic carbocycles. The fourth-order valence-corrected chi connectivity index (χ4v) is 10.1. The summed E-state index contributed by atoms with van der Waals surface area (Å²) in [5.74, 6) is -4.51. The molecule has 0 aromatic heterocycles. The van der Waals surface area contributed by atoms with Gasteiger partial charge >= 0.3 is 5.97 Å². The number of hydrogen-bond donors (Lipinski definition) is 4. The predicted molar refractivity (Wildman–Crippen MR) is 93.5 cm³/mol. The number of ketones is 1. The molecule has 0 spiro atoms. The normalized spacial score (nSPS) is 12.4. The molecule has 1 atom stereocenters. The number of nitrogens with one attached hydrogen (secondary N) is 2. The van der Waals surface area contributed by atoms with Crippen LogP contribution in [0.4, 0.5) is 0 Å². The SMILES string of the molecule is CNC[Si](C)(C)O[Si](C)(C)CNC(=O)C(C(C)=O)C(=O)O.O=CO. The standard InChI is InChI=1S/C12H26N2O5Si2.CH2O2/c1-9(15)10(12(17)18)11(16)14-8-21(5,6)19-20(3,4)7-13-2;2-1-3/h10,13H,7-8H2,1-6H3,(H,14,16)(H,17,18);1H,(H,2,3). The van der Waals surface area contributed by atoms with Crippen LogP contribution in [-0.4, -0.2) is 70.4 Å². The number of aliphatic carboxylic acids is 1. The Labute approximate surface area is 144 Å². The van der Waals surface area contributed by atoms with Crippen LogP contribution in [-0.2, 0) is 23.3 Å². The number of carbonyl (C=O) groups is 4. The van der Waals surface area contributed by atoms with Gasteiger partial charge < -0.3 is 25.0 Å². The molecule has 11 heteroatoms. The zero-order chi connectivity index (χ0) is 19.6. The predicted octanol–water partition coefficient (Wildman–Crippen LogP) is -0.182. The lowest BCUT2D eigenvalue weighted by molar-refractivity contribution is -0.150. The molecule has 0 saturated heterocycles. The molecule has 4 N–H and O–H groups in total. The number of hydrogen-bond acceptors (Lipinski definition) is 6. The van der Waals surface area contributed by atoms with Crippen molar-refractivity contribution in [2.45, 2.75) is 33.1 Å². The van der Waals surface area contributed by atoms with E-state index in [0.717, 1.165) is 13.1 Å². The summed E-state index contributed by atoms with van der Waals surface area (Å²) in [6.45, 7) is 8.92. The van der Waals surface area contributed by atoms with Gasteiger partial charge in [0.1, 0.15) is 0 Å². The van der Waals surface area contributed by atoms with E-state index in [1.807, 2.05) is 20.1 Å². The van der Waals surface area contributed by atoms with Gasteiger partial charge in [0.25, 0.3) is 6.47 Å². The van der Waals surface area contributed by atoms with Crippen molar-refractivity contribution in [2.75, 3.05) is 19.4 Å². The van der Waals surface area contributed by atoms with Gasteiger partial charge in [0.2, 0.25) is 5.91 Å². The first-order valence-electron chi connectivity index (χ1n) is 7.27. The van der Waals surface area contributed by atoms with Crippen LogP contribution < -0.4 is 10.6 Å². The van der Waals surface area contributed by atoms with Crippen LogP contribution in [0.25, 0.3) is 0 Å². The molecule has 0 aliphatic heterocycles. The molecular formula is C13H28N2O7Si2. The third-order valence-electron chi connectivity index (χ3n) is 2.76. The molecule has 1 amide bonds. The fraction of sp³-hybridized carbons (Fsp3) is 0.692. The lowest BCUT2D eigenvalue weighted by atomic mass is 10.1. The number of carboxylic acid groups (broad SMARTS) is 2. The van der Waals surface area contributed by atoms with Gasteiger partial charge in [0.15, 0.2) is 28.3 Å². The van der Waals surface area contributed by atoms with Crippen molar-refractivity contribution in [3.63, 3.8) is 0 Å². The summed E-state index contributed by atoms with van der Waals surface area (Å²) in [5.41, 5.74) is 0. The number of amides is 1. The van der Waals surface area contributed by atoms with E-state index in [4.69, 9.17) is 19.1 Å². The minimum absolute atomic E-state index is 0.250. The highest BCUT2D eigenvalue weighted by Gasteiger charge is 2.35. The smallest absolute Gasteiger partial charge is 0.323 e. The molecule has 0 heterocycles. The number of rotatable bonds is 9. The van der Waals surface area contributed by atoms with Crippen molar-refractivity contribution >= 4 is 40.8 Å². The molecule has 0 saturated carbocycles. The van der Waals surface area contributed by atoms with Crippen molar-refractivity contribution in [1.82, 2.24) is 10.6 Å². The zero-order valence-corrected chi connectivity index (χ0v) is 17.0. The highest BCUT2D eigenvalue weighted by Crippen LogP contribution is 2.13. The first-order chi connectivity index (χ1) is 10.8. The van der Waals surface area contributed by atoms with Crippen LogP contribution in [0, 0.1) is 5.92 Å². The maximum absolute atomic E-state index is 11.8. The van der Waals surface area contributed by atoms with Crippen LogP contribution in [0.3, 0.4) is 0 Å². The molecule has 24 heavy (non-hydrogen) atoms. The quantitative estimate of drug-likeness (QED) is 0.245. The van der Waals surface area contributed by atoms with Crippen molar-refractivity contribution < 1.29 is 33.5 Å². The van der Waals surface area contributed by atoms with E-state index in [-0.39, 0.29) is 12.6 Å². The largest absolute Gasteiger partial charge is 0.483 e. The Balaban J connectivity index is 0. The first-order valence-corrected chi connectivity index (χ1v) is 13.5. The monoisotopic (exact) mass is 380 g/mol. The third-order valence-corrected chi connectivity index (χ3v) is 9.41. The van der Waals surface area contributed by atoms with Crippen molar-refractivity contribution in [3.8, 4) is 0 Å². The third kappa shape index (κ3) is 11.0. The minimum Gasteiger partial charge on any atom is -0.483 e. The van der Waals surface area contributed by atoms with Crippen LogP contribution in [0.15, 0.2) is 0 Å². The molecule has 0 bridgehead atoms. The fourth-order valence-electron chi connectivity index (χ4n) is 2.12. The van der Waals surface area contributed by atoms with E-state index in [1.54, 1.807) is 0 Å². The second-order valence-electron chi connectivity index (χ2n) is 6.36. The highest BCUT2D eigenvalue weighted by atomic mass is 28.4. The van der Waals surface area contributed by atoms with Crippen LogP contribution in [0.1, 0.15) is 6.92 Å². The van der Waals surface area contributed by atoms with Gasteiger partial charge in [0, 0.05) is 12.3 Å². The maximum atomic E-state index is 11.8. The number of Topliss-reactive ketones (excluding diaryl/α,β-unsaturated/α-hetero) is 1. The van der Waals surface area contributed by atoms with Gasteiger partial charge in [-0.15, -0.1) is 0 Å². The summed E-state index contributed by atoms with van der Waals surface area (Å²) in [5, 5.41) is 21.4. The van der Waals surface area contributed by atoms with Crippen molar-refractivity contribution in [3.05, 3.63) is 0 Å². The minimum atomic E-state index is -2.17. The number of carboxylic acids is 1. The van der Waals surface area contributed by atoms with Crippen LogP contribution in [0.5, 0.6) is 0 Å². The molecule has 1 unspecified atom stereocenters. The first kappa shape index (κ1) is 24.7. The number of carbonyl (C=O) groups excluding carboxylic acids is 2. The Morgan fingerprint density at radius 2 is 1.54 bits per heavy atom. The Bertz CT molecular complexity index is 442. The van der Waals surface area contributed by atoms with Crippen molar-refractivity contribution in [2.24, 2.45) is 5.92 Å². The van der Waals surface area contributed by atoms with Gasteiger partial charge in [-0.1, -0.05) is 0 Å². The van der Waals surface area contributed by atoms with Crippen molar-refractivity contribution in [1.29, 1.82) is 0 Å². The van der Waals surface area contributed by atoms with Gasteiger partial charge in [0.05, 0.1) is 0 Å². The van der Waals surface area contributed by atoms with Gasteiger partial charge in [-0.05, 0) is 40.2 Å². The van der Waals surface area contributed by atoms with E-state index in [0.29, 0.717) is 0 Å². The molecule has 9 nitrogen and oxygen atoms in total. The van der Waals surface area contributed by atoms with Gasteiger partial charge in [-0.2, -0.15) is 0 Å². The Hall–Kier alpha value is -1.57.